The zero-order valence-electron chi connectivity index (χ0n) is 20.0. The zero-order valence-corrected chi connectivity index (χ0v) is 20.0. The molecule has 0 radical (unpaired) electrons. The lowest BCUT2D eigenvalue weighted by molar-refractivity contribution is 0.324. The van der Waals surface area contributed by atoms with E-state index in [1.54, 1.807) is 21.3 Å². The van der Waals surface area contributed by atoms with Gasteiger partial charge in [-0.3, -0.25) is 0 Å². The van der Waals surface area contributed by atoms with Crippen LogP contribution in [0, 0.1) is 0 Å². The smallest absolute Gasteiger partial charge is 0.203 e. The molecule has 1 aromatic rings. The van der Waals surface area contributed by atoms with Crippen LogP contribution in [0.2, 0.25) is 0 Å². The molecule has 0 aromatic heterocycles. The van der Waals surface area contributed by atoms with Gasteiger partial charge < -0.3 is 14.2 Å². The molecule has 0 saturated carbocycles. The van der Waals surface area contributed by atoms with E-state index >= 15 is 0 Å². The largest absolute Gasteiger partial charge is 0.493 e. The molecular weight excluding hydrogens is 452 g/mol. The molecule has 7 nitrogen and oxygen atoms in total. The number of hydrogen-bond donors (Lipinski definition) is 0. The topological polar surface area (TPSA) is 77.1 Å². The maximum atomic E-state index is 5.82. The number of nitrogens with zero attached hydrogens (tertiary/aromatic N) is 4. The standard InChI is InChI=1S/C29H22N4O3/c1-34-26-13-10-23(28(35-2)29(26)36-3)27-24-11-8-21(32-24)15-19-6-4-17(30-19)14-18-5-7-20(31-18)16-22-9-12-25(27)33-22/h4-16H,1-3H3. The molecule has 5 aliphatic heterocycles. The van der Waals surface area contributed by atoms with Crippen molar-refractivity contribution >= 4 is 28.4 Å². The Balaban J connectivity index is 1.59. The Morgan fingerprint density at radius 1 is 0.528 bits per heavy atom. The minimum absolute atomic E-state index is 0.507. The van der Waals surface area contributed by atoms with Crippen LogP contribution in [0.1, 0.15) is 5.56 Å². The zero-order chi connectivity index (χ0) is 24.6. The van der Waals surface area contributed by atoms with Crippen molar-refractivity contribution in [1.82, 2.24) is 0 Å². The lowest BCUT2D eigenvalue weighted by Crippen LogP contribution is -2.04. The van der Waals surface area contributed by atoms with Gasteiger partial charge in [0.2, 0.25) is 5.75 Å². The van der Waals surface area contributed by atoms with Crippen molar-refractivity contribution in [2.24, 2.45) is 20.0 Å². The van der Waals surface area contributed by atoms with E-state index in [4.69, 9.17) is 34.2 Å². The van der Waals surface area contributed by atoms with Crippen molar-refractivity contribution in [2.75, 3.05) is 21.3 Å². The van der Waals surface area contributed by atoms with Crippen molar-refractivity contribution in [2.45, 2.75) is 0 Å². The van der Waals surface area contributed by atoms with E-state index in [1.807, 2.05) is 79.0 Å². The van der Waals surface area contributed by atoms with Crippen LogP contribution in [0.3, 0.4) is 0 Å². The van der Waals surface area contributed by atoms with Crippen LogP contribution in [-0.4, -0.2) is 44.2 Å². The second-order valence-electron chi connectivity index (χ2n) is 8.29. The molecule has 176 valence electrons. The Morgan fingerprint density at radius 3 is 1.75 bits per heavy atom. The quantitative estimate of drug-likeness (QED) is 0.607. The summed E-state index contributed by atoms with van der Waals surface area (Å²) in [6.45, 7) is 0. The molecule has 36 heavy (non-hydrogen) atoms. The lowest BCUT2D eigenvalue weighted by atomic mass is 9.97. The molecule has 5 heterocycles. The van der Waals surface area contributed by atoms with Crippen LogP contribution in [-0.2, 0) is 0 Å². The van der Waals surface area contributed by atoms with Gasteiger partial charge in [-0.2, -0.15) is 0 Å². The fourth-order valence-corrected chi connectivity index (χ4v) is 4.47. The number of hydrogen-bond acceptors (Lipinski definition) is 7. The highest BCUT2D eigenvalue weighted by molar-refractivity contribution is 6.33. The van der Waals surface area contributed by atoms with Crippen LogP contribution < -0.4 is 14.2 Å². The average Bonchev–Trinajstić information content (AvgIpc) is 3.69. The van der Waals surface area contributed by atoms with Gasteiger partial charge >= 0.3 is 0 Å². The van der Waals surface area contributed by atoms with E-state index in [1.165, 1.54) is 0 Å². The highest BCUT2D eigenvalue weighted by atomic mass is 16.5. The summed E-state index contributed by atoms with van der Waals surface area (Å²) in [5, 5.41) is 0. The van der Waals surface area contributed by atoms with E-state index < -0.39 is 0 Å². The van der Waals surface area contributed by atoms with E-state index in [-0.39, 0.29) is 0 Å². The second-order valence-corrected chi connectivity index (χ2v) is 8.29. The normalized spacial score (nSPS) is 19.0. The van der Waals surface area contributed by atoms with Crippen molar-refractivity contribution in [3.63, 3.8) is 0 Å². The first kappa shape index (κ1) is 21.7. The summed E-state index contributed by atoms with van der Waals surface area (Å²) >= 11 is 0. The molecule has 0 atom stereocenters. The summed E-state index contributed by atoms with van der Waals surface area (Å²) in [6.07, 6.45) is 21.7. The minimum atomic E-state index is 0.507. The Kier molecular flexibility index (Phi) is 5.30. The third-order valence-electron chi connectivity index (χ3n) is 6.06. The first-order valence-corrected chi connectivity index (χ1v) is 11.4. The average molecular weight is 475 g/mol. The molecule has 6 rings (SSSR count). The number of rotatable bonds is 4. The highest BCUT2D eigenvalue weighted by Crippen LogP contribution is 2.44. The fourth-order valence-electron chi connectivity index (χ4n) is 4.47. The van der Waals surface area contributed by atoms with Gasteiger partial charge in [-0.1, -0.05) is 0 Å². The maximum Gasteiger partial charge on any atom is 0.203 e. The summed E-state index contributed by atoms with van der Waals surface area (Å²) in [6, 6.07) is 3.80. The molecule has 0 aliphatic carbocycles. The number of benzene rings is 1. The molecule has 0 unspecified atom stereocenters. The minimum Gasteiger partial charge on any atom is -0.493 e. The molecule has 0 N–H and O–H groups in total. The van der Waals surface area contributed by atoms with E-state index in [2.05, 4.69) is 0 Å². The van der Waals surface area contributed by atoms with Crippen LogP contribution in [0.15, 0.2) is 122 Å². The summed E-state index contributed by atoms with van der Waals surface area (Å²) in [7, 11) is 4.80. The monoisotopic (exact) mass is 474 g/mol. The first-order chi connectivity index (χ1) is 17.6. The Hall–Kier alpha value is -4.78. The summed E-state index contributed by atoms with van der Waals surface area (Å²) < 4.78 is 17.0. The third-order valence-corrected chi connectivity index (χ3v) is 6.06. The van der Waals surface area contributed by atoms with Gasteiger partial charge in [0.25, 0.3) is 0 Å². The van der Waals surface area contributed by atoms with Gasteiger partial charge in [-0.05, 0) is 79.0 Å². The summed E-state index contributed by atoms with van der Waals surface area (Å²) in [5.41, 5.74) is 8.08. The predicted octanol–water partition coefficient (Wildman–Crippen LogP) is 5.13. The van der Waals surface area contributed by atoms with Gasteiger partial charge in [0.15, 0.2) is 11.5 Å². The molecule has 7 heteroatoms. The van der Waals surface area contributed by atoms with Gasteiger partial charge in [0.1, 0.15) is 0 Å². The van der Waals surface area contributed by atoms with Crippen molar-refractivity contribution in [3.05, 3.63) is 107 Å². The SMILES string of the molecule is COc1ccc(C2=C3C=CC(=N3)C=C3C=CC(=N3)C=C3C=CC(=N3)C=C3C=CC2=N3)c(OC)c1OC. The van der Waals surface area contributed by atoms with Gasteiger partial charge in [0, 0.05) is 11.1 Å². The van der Waals surface area contributed by atoms with E-state index in [0.717, 1.165) is 56.8 Å². The van der Waals surface area contributed by atoms with Gasteiger partial charge in [-0.15, -0.1) is 0 Å². The predicted molar refractivity (Wildman–Crippen MR) is 144 cm³/mol. The van der Waals surface area contributed by atoms with Crippen LogP contribution in [0.5, 0.6) is 17.2 Å². The second kappa shape index (κ2) is 8.78. The number of aliphatic imine (C=N–C) groups is 4. The lowest BCUT2D eigenvalue weighted by Gasteiger charge is -2.18. The molecule has 0 spiro atoms. The number of fused-ring (bicyclic) bond motifs is 4. The molecule has 5 aliphatic rings. The van der Waals surface area contributed by atoms with Crippen LogP contribution in [0.25, 0.3) is 5.57 Å². The summed E-state index contributed by atoms with van der Waals surface area (Å²) in [4.78, 5) is 19.2. The Morgan fingerprint density at radius 2 is 1.11 bits per heavy atom. The maximum absolute atomic E-state index is 5.82. The Labute approximate surface area is 208 Å². The fraction of sp³-hybridized carbons (Fsp3) is 0.103. The van der Waals surface area contributed by atoms with Crippen molar-refractivity contribution in [1.29, 1.82) is 0 Å². The molecule has 0 amide bonds. The number of methoxy groups -OCH3 is 3. The van der Waals surface area contributed by atoms with Crippen molar-refractivity contribution < 1.29 is 14.2 Å². The number of allylic oxidation sites excluding steroid dienone is 12. The molecule has 8 bridgehead atoms. The first-order valence-electron chi connectivity index (χ1n) is 11.4. The molecule has 0 saturated heterocycles. The summed E-state index contributed by atoms with van der Waals surface area (Å²) in [5.74, 6) is 1.63. The third kappa shape index (κ3) is 3.80. The van der Waals surface area contributed by atoms with E-state index in [0.29, 0.717) is 17.2 Å². The van der Waals surface area contributed by atoms with Gasteiger partial charge in [0.05, 0.1) is 67.0 Å². The molecule has 0 fully saturated rings. The number of ether oxygens (including phenoxy) is 3. The molecule has 1 aromatic carbocycles. The van der Waals surface area contributed by atoms with E-state index in [9.17, 15) is 0 Å². The molecular formula is C29H22N4O3. The van der Waals surface area contributed by atoms with Crippen LogP contribution >= 0.6 is 0 Å². The van der Waals surface area contributed by atoms with Crippen LogP contribution in [0.4, 0.5) is 0 Å². The Bertz CT molecular complexity index is 1570. The van der Waals surface area contributed by atoms with Gasteiger partial charge in [-0.25, -0.2) is 20.0 Å². The highest BCUT2D eigenvalue weighted by Gasteiger charge is 2.25. The van der Waals surface area contributed by atoms with Crippen molar-refractivity contribution in [3.8, 4) is 17.2 Å².